The van der Waals surface area contributed by atoms with Gasteiger partial charge in [0.15, 0.2) is 0 Å². The molecule has 0 bridgehead atoms. The van der Waals surface area contributed by atoms with Gasteiger partial charge in [-0.2, -0.15) is 0 Å². The number of aromatic nitrogens is 2. The largest absolute Gasteiger partial charge is 0.407 e. The Morgan fingerprint density at radius 1 is 1.44 bits per heavy atom. The third-order valence-electron chi connectivity index (χ3n) is 2.57. The molecule has 2 rings (SSSR count). The Labute approximate surface area is 93.2 Å². The first-order chi connectivity index (χ1) is 7.70. The molecule has 1 aliphatic heterocycles. The summed E-state index contributed by atoms with van der Waals surface area (Å²) in [5, 5.41) is 7.65. The number of hydrogen-bond acceptors (Lipinski definition) is 6. The minimum Gasteiger partial charge on any atom is -0.407 e. The van der Waals surface area contributed by atoms with Crippen LogP contribution in [0.5, 0.6) is 0 Å². The van der Waals surface area contributed by atoms with Crippen molar-refractivity contribution in [2.75, 3.05) is 31.6 Å². The lowest BCUT2D eigenvalue weighted by atomic mass is 10.4. The van der Waals surface area contributed by atoms with Crippen molar-refractivity contribution in [2.45, 2.75) is 13.0 Å². The van der Waals surface area contributed by atoms with Crippen LogP contribution in [-0.4, -0.2) is 47.7 Å². The number of amides is 1. The number of anilines is 1. The molecular formula is C9H15N5O2. The van der Waals surface area contributed by atoms with Crippen LogP contribution in [0.1, 0.15) is 12.3 Å². The molecule has 0 atom stereocenters. The SMILES string of the molecule is CN1CCCN(c2nnc(CN)o2)CC1=O. The highest BCUT2D eigenvalue weighted by Crippen LogP contribution is 2.14. The predicted molar refractivity (Wildman–Crippen MR) is 56.7 cm³/mol. The molecule has 7 nitrogen and oxygen atoms in total. The number of rotatable bonds is 2. The van der Waals surface area contributed by atoms with Crippen LogP contribution in [0.15, 0.2) is 4.42 Å². The van der Waals surface area contributed by atoms with Crippen molar-refractivity contribution in [2.24, 2.45) is 5.73 Å². The van der Waals surface area contributed by atoms with Gasteiger partial charge < -0.3 is 20.0 Å². The van der Waals surface area contributed by atoms with Gasteiger partial charge in [-0.05, 0) is 6.42 Å². The number of nitrogens with zero attached hydrogens (tertiary/aromatic N) is 4. The van der Waals surface area contributed by atoms with E-state index in [-0.39, 0.29) is 19.0 Å². The molecule has 88 valence electrons. The highest BCUT2D eigenvalue weighted by molar-refractivity contribution is 5.80. The van der Waals surface area contributed by atoms with Crippen LogP contribution in [0.4, 0.5) is 6.01 Å². The first-order valence-electron chi connectivity index (χ1n) is 5.22. The predicted octanol–water partition coefficient (Wildman–Crippen LogP) is -0.803. The first kappa shape index (κ1) is 10.9. The van der Waals surface area contributed by atoms with E-state index in [1.54, 1.807) is 16.8 Å². The van der Waals surface area contributed by atoms with Crippen molar-refractivity contribution >= 4 is 11.9 Å². The van der Waals surface area contributed by atoms with Crippen molar-refractivity contribution in [3.63, 3.8) is 0 Å². The third-order valence-corrected chi connectivity index (χ3v) is 2.57. The fourth-order valence-corrected chi connectivity index (χ4v) is 1.60. The van der Waals surface area contributed by atoms with Crippen LogP contribution >= 0.6 is 0 Å². The average molecular weight is 225 g/mol. The molecule has 1 saturated heterocycles. The molecule has 1 fully saturated rings. The lowest BCUT2D eigenvalue weighted by Gasteiger charge is -2.16. The van der Waals surface area contributed by atoms with E-state index in [0.29, 0.717) is 11.9 Å². The van der Waals surface area contributed by atoms with Gasteiger partial charge in [0.25, 0.3) is 0 Å². The topological polar surface area (TPSA) is 88.5 Å². The smallest absolute Gasteiger partial charge is 0.318 e. The van der Waals surface area contributed by atoms with Crippen molar-refractivity contribution in [1.82, 2.24) is 15.1 Å². The second-order valence-corrected chi connectivity index (χ2v) is 3.77. The van der Waals surface area contributed by atoms with Gasteiger partial charge in [-0.15, -0.1) is 5.10 Å². The number of hydrogen-bond donors (Lipinski definition) is 1. The summed E-state index contributed by atoms with van der Waals surface area (Å²) in [5.41, 5.74) is 5.38. The van der Waals surface area contributed by atoms with Gasteiger partial charge in [0.05, 0.1) is 6.54 Å². The fourth-order valence-electron chi connectivity index (χ4n) is 1.60. The van der Waals surface area contributed by atoms with Gasteiger partial charge in [-0.1, -0.05) is 5.10 Å². The molecule has 1 aromatic rings. The Balaban J connectivity index is 2.11. The van der Waals surface area contributed by atoms with E-state index in [1.807, 2.05) is 0 Å². The van der Waals surface area contributed by atoms with Crippen LogP contribution in [0, 0.1) is 0 Å². The Morgan fingerprint density at radius 3 is 2.94 bits per heavy atom. The number of carbonyl (C=O) groups excluding carboxylic acids is 1. The van der Waals surface area contributed by atoms with E-state index >= 15 is 0 Å². The summed E-state index contributed by atoms with van der Waals surface area (Å²) in [6.45, 7) is 1.99. The summed E-state index contributed by atoms with van der Waals surface area (Å²) >= 11 is 0. The minimum atomic E-state index is 0.0602. The van der Waals surface area contributed by atoms with Crippen molar-refractivity contribution in [3.8, 4) is 0 Å². The second kappa shape index (κ2) is 4.48. The monoisotopic (exact) mass is 225 g/mol. The van der Waals surface area contributed by atoms with Crippen molar-refractivity contribution in [1.29, 1.82) is 0 Å². The summed E-state index contributed by atoms with van der Waals surface area (Å²) in [4.78, 5) is 15.1. The lowest BCUT2D eigenvalue weighted by Crippen LogP contribution is -2.34. The first-order valence-corrected chi connectivity index (χ1v) is 5.22. The maximum absolute atomic E-state index is 11.6. The highest BCUT2D eigenvalue weighted by atomic mass is 16.4. The molecule has 1 aliphatic rings. The van der Waals surface area contributed by atoms with E-state index in [4.69, 9.17) is 10.2 Å². The number of nitrogens with two attached hydrogens (primary N) is 1. The maximum Gasteiger partial charge on any atom is 0.318 e. The number of likely N-dealkylation sites (N-methyl/N-ethyl adjacent to an activating group) is 1. The molecule has 1 aromatic heterocycles. The van der Waals surface area contributed by atoms with Gasteiger partial charge in [0.2, 0.25) is 11.8 Å². The fraction of sp³-hybridized carbons (Fsp3) is 0.667. The zero-order valence-corrected chi connectivity index (χ0v) is 9.22. The molecule has 7 heteroatoms. The van der Waals surface area contributed by atoms with Crippen LogP contribution in [-0.2, 0) is 11.3 Å². The summed E-state index contributed by atoms with van der Waals surface area (Å²) in [5.74, 6) is 0.449. The van der Waals surface area contributed by atoms with Crippen LogP contribution in [0.2, 0.25) is 0 Å². The van der Waals surface area contributed by atoms with Gasteiger partial charge in [-0.25, -0.2) is 0 Å². The van der Waals surface area contributed by atoms with Crippen LogP contribution in [0.3, 0.4) is 0 Å². The van der Waals surface area contributed by atoms with E-state index in [9.17, 15) is 4.79 Å². The van der Waals surface area contributed by atoms with Crippen molar-refractivity contribution in [3.05, 3.63) is 5.89 Å². The van der Waals surface area contributed by atoms with E-state index in [0.717, 1.165) is 19.5 Å². The molecule has 0 unspecified atom stereocenters. The molecule has 0 radical (unpaired) electrons. The van der Waals surface area contributed by atoms with E-state index in [1.165, 1.54) is 0 Å². The quantitative estimate of drug-likeness (QED) is 0.708. The molecule has 0 aliphatic carbocycles. The van der Waals surface area contributed by atoms with E-state index < -0.39 is 0 Å². The molecule has 2 N–H and O–H groups in total. The molecule has 2 heterocycles. The Morgan fingerprint density at radius 2 is 2.25 bits per heavy atom. The molecular weight excluding hydrogens is 210 g/mol. The molecule has 0 saturated carbocycles. The number of carbonyl (C=O) groups is 1. The molecule has 1 amide bonds. The standard InChI is InChI=1S/C9H15N5O2/c1-13-3-2-4-14(6-8(13)15)9-12-11-7(5-10)16-9/h2-6,10H2,1H3. The minimum absolute atomic E-state index is 0.0602. The second-order valence-electron chi connectivity index (χ2n) is 3.77. The van der Waals surface area contributed by atoms with Gasteiger partial charge in [0.1, 0.15) is 6.54 Å². The van der Waals surface area contributed by atoms with Crippen molar-refractivity contribution < 1.29 is 9.21 Å². The summed E-state index contributed by atoms with van der Waals surface area (Å²) in [7, 11) is 1.80. The highest BCUT2D eigenvalue weighted by Gasteiger charge is 2.22. The summed E-state index contributed by atoms with van der Waals surface area (Å²) in [6.07, 6.45) is 0.891. The normalized spacial score (nSPS) is 17.8. The van der Waals surface area contributed by atoms with Gasteiger partial charge in [-0.3, -0.25) is 4.79 Å². The van der Waals surface area contributed by atoms with Gasteiger partial charge in [0, 0.05) is 20.1 Å². The van der Waals surface area contributed by atoms with Crippen LogP contribution in [0.25, 0.3) is 0 Å². The lowest BCUT2D eigenvalue weighted by molar-refractivity contribution is -0.127. The third kappa shape index (κ3) is 2.13. The zero-order chi connectivity index (χ0) is 11.5. The van der Waals surface area contributed by atoms with E-state index in [2.05, 4.69) is 10.2 Å². The Hall–Kier alpha value is -1.63. The summed E-state index contributed by atoms with van der Waals surface area (Å²) < 4.78 is 5.32. The Kier molecular flexibility index (Phi) is 3.04. The Bertz CT molecular complexity index is 378. The molecule has 16 heavy (non-hydrogen) atoms. The van der Waals surface area contributed by atoms with Gasteiger partial charge >= 0.3 is 6.01 Å². The maximum atomic E-state index is 11.6. The molecule has 0 aromatic carbocycles. The zero-order valence-electron chi connectivity index (χ0n) is 9.22. The molecule has 0 spiro atoms. The van der Waals surface area contributed by atoms with Crippen LogP contribution < -0.4 is 10.6 Å². The summed E-state index contributed by atoms with van der Waals surface area (Å²) in [6, 6.07) is 0.379. The average Bonchev–Trinajstić information content (AvgIpc) is 2.69.